The third kappa shape index (κ3) is 2.98. The molecule has 2 N–H and O–H groups in total. The van der Waals surface area contributed by atoms with Crippen molar-refractivity contribution < 1.29 is 9.59 Å². The van der Waals surface area contributed by atoms with Gasteiger partial charge in [-0.05, 0) is 49.3 Å². The molecular weight excluding hydrogens is 328 g/mol. The highest BCUT2D eigenvalue weighted by molar-refractivity contribution is 6.31. The molecule has 1 aromatic carbocycles. The molecule has 126 valence electrons. The van der Waals surface area contributed by atoms with Crippen LogP contribution in [0.3, 0.4) is 0 Å². The Morgan fingerprint density at radius 3 is 2.71 bits per heavy atom. The SMILES string of the molecule is O=C(NCC(=O)N1CCC2(CC1)CC2)c1nc2ccc(Cl)cc2[nH]1. The van der Waals surface area contributed by atoms with Gasteiger partial charge in [0.25, 0.3) is 5.91 Å². The van der Waals surface area contributed by atoms with Crippen LogP contribution in [0.25, 0.3) is 11.0 Å². The summed E-state index contributed by atoms with van der Waals surface area (Å²) in [6.07, 6.45) is 4.80. The lowest BCUT2D eigenvalue weighted by atomic mass is 9.94. The highest BCUT2D eigenvalue weighted by Gasteiger charge is 2.44. The molecule has 1 spiro atoms. The first-order valence-electron chi connectivity index (χ1n) is 8.26. The topological polar surface area (TPSA) is 78.1 Å². The molecule has 0 bridgehead atoms. The van der Waals surface area contributed by atoms with Crippen molar-refractivity contribution in [3.8, 4) is 0 Å². The number of aromatic nitrogens is 2. The van der Waals surface area contributed by atoms with Crippen molar-refractivity contribution in [2.45, 2.75) is 25.7 Å². The molecule has 2 heterocycles. The zero-order chi connectivity index (χ0) is 16.7. The molecule has 6 nitrogen and oxygen atoms in total. The Balaban J connectivity index is 1.34. The Hall–Kier alpha value is -2.08. The van der Waals surface area contributed by atoms with Crippen LogP contribution in [-0.4, -0.2) is 46.3 Å². The van der Waals surface area contributed by atoms with Gasteiger partial charge in [-0.3, -0.25) is 9.59 Å². The number of benzene rings is 1. The van der Waals surface area contributed by atoms with Crippen molar-refractivity contribution in [3.63, 3.8) is 0 Å². The Labute approximate surface area is 144 Å². The first kappa shape index (κ1) is 15.4. The maximum absolute atomic E-state index is 12.2. The minimum Gasteiger partial charge on any atom is -0.341 e. The van der Waals surface area contributed by atoms with Crippen LogP contribution in [0.2, 0.25) is 5.02 Å². The predicted molar refractivity (Wildman–Crippen MR) is 90.9 cm³/mol. The lowest BCUT2D eigenvalue weighted by Gasteiger charge is -2.32. The summed E-state index contributed by atoms with van der Waals surface area (Å²) in [5.74, 6) is -0.222. The van der Waals surface area contributed by atoms with Gasteiger partial charge in [-0.1, -0.05) is 11.6 Å². The molecule has 1 saturated carbocycles. The quantitative estimate of drug-likeness (QED) is 0.895. The van der Waals surface area contributed by atoms with Gasteiger partial charge in [0.2, 0.25) is 5.91 Å². The number of aromatic amines is 1. The van der Waals surface area contributed by atoms with E-state index in [0.717, 1.165) is 25.9 Å². The molecule has 0 unspecified atom stereocenters. The number of carbonyl (C=O) groups is 2. The van der Waals surface area contributed by atoms with Gasteiger partial charge in [-0.15, -0.1) is 0 Å². The third-order valence-corrected chi connectivity index (χ3v) is 5.43. The molecule has 1 aliphatic heterocycles. The van der Waals surface area contributed by atoms with Crippen molar-refractivity contribution in [1.82, 2.24) is 20.2 Å². The van der Waals surface area contributed by atoms with E-state index < -0.39 is 0 Å². The number of hydrogen-bond acceptors (Lipinski definition) is 3. The smallest absolute Gasteiger partial charge is 0.287 e. The average molecular weight is 347 g/mol. The van der Waals surface area contributed by atoms with E-state index in [2.05, 4.69) is 15.3 Å². The predicted octanol–water partition coefficient (Wildman–Crippen LogP) is 2.35. The van der Waals surface area contributed by atoms with Crippen LogP contribution < -0.4 is 5.32 Å². The van der Waals surface area contributed by atoms with E-state index in [-0.39, 0.29) is 24.2 Å². The second-order valence-electron chi connectivity index (χ2n) is 6.81. The van der Waals surface area contributed by atoms with E-state index in [4.69, 9.17) is 11.6 Å². The monoisotopic (exact) mass is 346 g/mol. The minimum atomic E-state index is -0.383. The Morgan fingerprint density at radius 1 is 1.25 bits per heavy atom. The van der Waals surface area contributed by atoms with Gasteiger partial charge < -0.3 is 15.2 Å². The normalized spacial score (nSPS) is 18.8. The molecule has 2 aromatic rings. The van der Waals surface area contributed by atoms with Crippen molar-refractivity contribution >= 4 is 34.4 Å². The average Bonchev–Trinajstić information content (AvgIpc) is 3.19. The number of piperidine rings is 1. The number of nitrogens with one attached hydrogen (secondary N) is 2. The number of halogens is 1. The van der Waals surface area contributed by atoms with Gasteiger partial charge in [0.05, 0.1) is 17.6 Å². The summed E-state index contributed by atoms with van der Waals surface area (Å²) in [6, 6.07) is 5.18. The number of amides is 2. The molecule has 2 amide bonds. The molecule has 1 aromatic heterocycles. The molecule has 4 rings (SSSR count). The van der Waals surface area contributed by atoms with Gasteiger partial charge in [0.15, 0.2) is 5.82 Å². The van der Waals surface area contributed by atoms with E-state index in [9.17, 15) is 9.59 Å². The zero-order valence-corrected chi connectivity index (χ0v) is 14.0. The zero-order valence-electron chi connectivity index (χ0n) is 13.3. The molecular formula is C17H19ClN4O2. The summed E-state index contributed by atoms with van der Waals surface area (Å²) in [4.78, 5) is 33.4. The maximum atomic E-state index is 12.2. The number of hydrogen-bond donors (Lipinski definition) is 2. The first-order chi connectivity index (χ1) is 11.5. The molecule has 0 atom stereocenters. The van der Waals surface area contributed by atoms with Gasteiger partial charge in [0.1, 0.15) is 0 Å². The standard InChI is InChI=1S/C17H19ClN4O2/c18-11-1-2-12-13(9-11)21-15(20-12)16(24)19-10-14(23)22-7-5-17(3-4-17)6-8-22/h1-2,9H,3-8,10H2,(H,19,24)(H,20,21). The highest BCUT2D eigenvalue weighted by Crippen LogP contribution is 2.53. The van der Waals surface area contributed by atoms with Crippen molar-refractivity contribution in [2.75, 3.05) is 19.6 Å². The number of imidazole rings is 1. The molecule has 7 heteroatoms. The largest absolute Gasteiger partial charge is 0.341 e. The van der Waals surface area contributed by atoms with Gasteiger partial charge >= 0.3 is 0 Å². The molecule has 2 fully saturated rings. The summed E-state index contributed by atoms with van der Waals surface area (Å²) < 4.78 is 0. The lowest BCUT2D eigenvalue weighted by Crippen LogP contribution is -2.44. The van der Waals surface area contributed by atoms with E-state index in [1.165, 1.54) is 12.8 Å². The first-order valence-corrected chi connectivity index (χ1v) is 8.64. The van der Waals surface area contributed by atoms with Crippen LogP contribution in [0.5, 0.6) is 0 Å². The van der Waals surface area contributed by atoms with Crippen LogP contribution >= 0.6 is 11.6 Å². The minimum absolute atomic E-state index is 0.00361. The van der Waals surface area contributed by atoms with Crippen molar-refractivity contribution in [3.05, 3.63) is 29.0 Å². The van der Waals surface area contributed by atoms with Crippen LogP contribution in [0.1, 0.15) is 36.3 Å². The Bertz CT molecular complexity index is 802. The fraction of sp³-hybridized carbons (Fsp3) is 0.471. The third-order valence-electron chi connectivity index (χ3n) is 5.19. The maximum Gasteiger partial charge on any atom is 0.287 e. The number of likely N-dealkylation sites (tertiary alicyclic amines) is 1. The summed E-state index contributed by atoms with van der Waals surface area (Å²) in [7, 11) is 0. The fourth-order valence-corrected chi connectivity index (χ4v) is 3.52. The number of fused-ring (bicyclic) bond motifs is 1. The molecule has 1 saturated heterocycles. The molecule has 0 radical (unpaired) electrons. The van der Waals surface area contributed by atoms with Crippen molar-refractivity contribution in [2.24, 2.45) is 5.41 Å². The second kappa shape index (κ2) is 5.77. The lowest BCUT2D eigenvalue weighted by molar-refractivity contribution is -0.131. The van der Waals surface area contributed by atoms with Gasteiger partial charge in [0, 0.05) is 18.1 Å². The molecule has 24 heavy (non-hydrogen) atoms. The Kier molecular flexibility index (Phi) is 3.72. The summed E-state index contributed by atoms with van der Waals surface area (Å²) >= 11 is 5.92. The summed E-state index contributed by atoms with van der Waals surface area (Å²) in [5, 5.41) is 3.23. The molecule has 2 aliphatic rings. The van der Waals surface area contributed by atoms with Crippen LogP contribution in [0, 0.1) is 5.41 Å². The molecule has 1 aliphatic carbocycles. The highest BCUT2D eigenvalue weighted by atomic mass is 35.5. The van der Waals surface area contributed by atoms with E-state index >= 15 is 0 Å². The number of rotatable bonds is 3. The van der Waals surface area contributed by atoms with Crippen LogP contribution in [0.15, 0.2) is 18.2 Å². The number of nitrogens with zero attached hydrogens (tertiary/aromatic N) is 2. The Morgan fingerprint density at radius 2 is 2.00 bits per heavy atom. The second-order valence-corrected chi connectivity index (χ2v) is 7.25. The van der Waals surface area contributed by atoms with E-state index in [1.54, 1.807) is 18.2 Å². The van der Waals surface area contributed by atoms with Crippen molar-refractivity contribution in [1.29, 1.82) is 0 Å². The van der Waals surface area contributed by atoms with Gasteiger partial charge in [-0.2, -0.15) is 0 Å². The summed E-state index contributed by atoms with van der Waals surface area (Å²) in [5.41, 5.74) is 1.90. The summed E-state index contributed by atoms with van der Waals surface area (Å²) in [6.45, 7) is 1.61. The number of H-pyrrole nitrogens is 1. The van der Waals surface area contributed by atoms with Gasteiger partial charge in [-0.25, -0.2) is 4.98 Å². The van der Waals surface area contributed by atoms with E-state index in [1.807, 2.05) is 4.90 Å². The number of carbonyl (C=O) groups excluding carboxylic acids is 2. The van der Waals surface area contributed by atoms with E-state index in [0.29, 0.717) is 21.5 Å². The van der Waals surface area contributed by atoms with Crippen LogP contribution in [-0.2, 0) is 4.79 Å². The van der Waals surface area contributed by atoms with Crippen LogP contribution in [0.4, 0.5) is 0 Å². The fourth-order valence-electron chi connectivity index (χ4n) is 3.35.